The van der Waals surface area contributed by atoms with Gasteiger partial charge in [0.25, 0.3) is 0 Å². The molecule has 1 fully saturated rings. The molecule has 0 radical (unpaired) electrons. The minimum Gasteiger partial charge on any atom is -0.323 e. The smallest absolute Gasteiger partial charge is 0.244 e. The maximum atomic E-state index is 13.1. The summed E-state index contributed by atoms with van der Waals surface area (Å²) in [6, 6.07) is 14.0. The third-order valence-electron chi connectivity index (χ3n) is 5.47. The fraction of sp³-hybridized carbons (Fsp3) is 0.333. The molecule has 2 amide bonds. The molecular weight excluding hydrogens is 426 g/mol. The third kappa shape index (κ3) is 4.35. The average molecular weight is 448 g/mol. The number of piperidine rings is 1. The molecule has 1 N–H and O–H groups in total. The van der Waals surface area contributed by atoms with Crippen LogP contribution in [0, 0.1) is 5.92 Å². The summed E-state index contributed by atoms with van der Waals surface area (Å²) in [6.45, 7) is 0.533. The van der Waals surface area contributed by atoms with Gasteiger partial charge in [-0.25, -0.2) is 12.7 Å². The number of halogens is 1. The Bertz CT molecular complexity index is 1080. The SMILES string of the molecule is O=C1CN(C(=O)C2CCN(S(=O)(=O)Cc3cccc(Cl)c3)CC2)c2ccccc2N1. The normalized spacial score (nSPS) is 18.0. The fourth-order valence-electron chi connectivity index (χ4n) is 3.96. The van der Waals surface area contributed by atoms with Gasteiger partial charge in [0.05, 0.1) is 17.1 Å². The highest BCUT2D eigenvalue weighted by Gasteiger charge is 2.35. The van der Waals surface area contributed by atoms with Crippen LogP contribution < -0.4 is 10.2 Å². The summed E-state index contributed by atoms with van der Waals surface area (Å²) in [5.74, 6) is -0.805. The Morgan fingerprint density at radius 3 is 2.57 bits per heavy atom. The van der Waals surface area contributed by atoms with Gasteiger partial charge in [-0.15, -0.1) is 0 Å². The summed E-state index contributed by atoms with van der Waals surface area (Å²) in [5, 5.41) is 3.27. The molecule has 1 saturated heterocycles. The van der Waals surface area contributed by atoms with Crippen LogP contribution in [0.1, 0.15) is 18.4 Å². The number of benzene rings is 2. The predicted molar refractivity (Wildman–Crippen MR) is 116 cm³/mol. The molecule has 9 heteroatoms. The molecule has 0 atom stereocenters. The molecule has 0 aliphatic carbocycles. The molecule has 0 bridgehead atoms. The van der Waals surface area contributed by atoms with Crippen LogP contribution in [-0.2, 0) is 25.4 Å². The van der Waals surface area contributed by atoms with Crippen molar-refractivity contribution in [2.24, 2.45) is 5.92 Å². The van der Waals surface area contributed by atoms with E-state index in [4.69, 9.17) is 11.6 Å². The van der Waals surface area contributed by atoms with Crippen LogP contribution in [0.25, 0.3) is 0 Å². The number of sulfonamides is 1. The lowest BCUT2D eigenvalue weighted by molar-refractivity contribution is -0.125. The molecule has 158 valence electrons. The number of nitrogens with zero attached hydrogens (tertiary/aromatic N) is 2. The van der Waals surface area contributed by atoms with Crippen molar-refractivity contribution in [2.45, 2.75) is 18.6 Å². The zero-order valence-electron chi connectivity index (χ0n) is 16.3. The number of carbonyl (C=O) groups excluding carboxylic acids is 2. The van der Waals surface area contributed by atoms with Gasteiger partial charge in [0.15, 0.2) is 0 Å². The van der Waals surface area contributed by atoms with Crippen LogP contribution in [0.5, 0.6) is 0 Å². The summed E-state index contributed by atoms with van der Waals surface area (Å²) in [5.41, 5.74) is 1.93. The van der Waals surface area contributed by atoms with E-state index in [2.05, 4.69) is 5.32 Å². The van der Waals surface area contributed by atoms with Crippen molar-refractivity contribution in [1.82, 2.24) is 4.31 Å². The van der Waals surface area contributed by atoms with Gasteiger partial charge in [-0.2, -0.15) is 0 Å². The van der Waals surface area contributed by atoms with Crippen LogP contribution in [0.3, 0.4) is 0 Å². The molecule has 0 saturated carbocycles. The van der Waals surface area contributed by atoms with Gasteiger partial charge < -0.3 is 10.2 Å². The lowest BCUT2D eigenvalue weighted by atomic mass is 9.95. The predicted octanol–water partition coefficient (Wildman–Crippen LogP) is 2.87. The minimum absolute atomic E-state index is 0.0247. The van der Waals surface area contributed by atoms with Gasteiger partial charge in [-0.05, 0) is 42.7 Å². The van der Waals surface area contributed by atoms with E-state index in [9.17, 15) is 18.0 Å². The van der Waals surface area contributed by atoms with Crippen molar-refractivity contribution < 1.29 is 18.0 Å². The lowest BCUT2D eigenvalue weighted by Crippen LogP contribution is -2.48. The summed E-state index contributed by atoms with van der Waals surface area (Å²) in [6.07, 6.45) is 0.849. The first-order valence-corrected chi connectivity index (χ1v) is 11.7. The number of rotatable bonds is 4. The lowest BCUT2D eigenvalue weighted by Gasteiger charge is -2.35. The van der Waals surface area contributed by atoms with E-state index in [1.807, 2.05) is 6.07 Å². The van der Waals surface area contributed by atoms with Crippen LogP contribution >= 0.6 is 11.6 Å². The molecule has 30 heavy (non-hydrogen) atoms. The van der Waals surface area contributed by atoms with Crippen LogP contribution in [-0.4, -0.2) is 44.2 Å². The molecule has 7 nitrogen and oxygen atoms in total. The number of para-hydroxylation sites is 2. The maximum Gasteiger partial charge on any atom is 0.244 e. The highest BCUT2D eigenvalue weighted by Crippen LogP contribution is 2.32. The Hall–Kier alpha value is -2.42. The Balaban J connectivity index is 1.42. The van der Waals surface area contributed by atoms with Gasteiger partial charge in [0.2, 0.25) is 21.8 Å². The van der Waals surface area contributed by atoms with Crippen molar-refractivity contribution in [3.05, 3.63) is 59.1 Å². The number of hydrogen-bond donors (Lipinski definition) is 1. The molecule has 2 heterocycles. The first-order valence-electron chi connectivity index (χ1n) is 9.76. The van der Waals surface area contributed by atoms with Crippen molar-refractivity contribution in [2.75, 3.05) is 29.9 Å². The molecule has 2 aromatic rings. The molecule has 2 aromatic carbocycles. The number of anilines is 2. The first-order chi connectivity index (χ1) is 14.3. The minimum atomic E-state index is -3.50. The van der Waals surface area contributed by atoms with Crippen molar-refractivity contribution in [3.63, 3.8) is 0 Å². The van der Waals surface area contributed by atoms with Crippen molar-refractivity contribution in [3.8, 4) is 0 Å². The van der Waals surface area contributed by atoms with E-state index >= 15 is 0 Å². The van der Waals surface area contributed by atoms with Crippen molar-refractivity contribution >= 4 is 44.8 Å². The molecule has 0 spiro atoms. The second-order valence-corrected chi connectivity index (χ2v) is 9.95. The zero-order chi connectivity index (χ0) is 21.3. The Kier molecular flexibility index (Phi) is 5.81. The number of nitrogens with one attached hydrogen (secondary N) is 1. The third-order valence-corrected chi connectivity index (χ3v) is 7.56. The van der Waals surface area contributed by atoms with Crippen LogP contribution in [0.4, 0.5) is 11.4 Å². The van der Waals surface area contributed by atoms with Gasteiger partial charge in [0, 0.05) is 24.0 Å². The number of carbonyl (C=O) groups is 2. The summed E-state index contributed by atoms with van der Waals surface area (Å²) in [7, 11) is -3.50. The monoisotopic (exact) mass is 447 g/mol. The molecule has 4 rings (SSSR count). The van der Waals surface area contributed by atoms with Crippen LogP contribution in [0.2, 0.25) is 5.02 Å². The van der Waals surface area contributed by atoms with Gasteiger partial charge >= 0.3 is 0 Å². The van der Waals surface area contributed by atoms with Crippen molar-refractivity contribution in [1.29, 1.82) is 0 Å². The van der Waals surface area contributed by atoms with Gasteiger partial charge in [-0.1, -0.05) is 35.9 Å². The zero-order valence-corrected chi connectivity index (χ0v) is 17.8. The van der Waals surface area contributed by atoms with E-state index in [0.29, 0.717) is 34.8 Å². The number of fused-ring (bicyclic) bond motifs is 1. The van der Waals surface area contributed by atoms with E-state index in [1.54, 1.807) is 42.5 Å². The number of hydrogen-bond acceptors (Lipinski definition) is 4. The second kappa shape index (κ2) is 8.37. The fourth-order valence-corrected chi connectivity index (χ4v) is 5.72. The van der Waals surface area contributed by atoms with E-state index in [0.717, 1.165) is 0 Å². The molecule has 0 unspecified atom stereocenters. The quantitative estimate of drug-likeness (QED) is 0.780. The maximum absolute atomic E-state index is 13.1. The second-order valence-electron chi connectivity index (χ2n) is 7.55. The van der Waals surface area contributed by atoms with E-state index in [-0.39, 0.29) is 43.1 Å². The summed E-state index contributed by atoms with van der Waals surface area (Å²) < 4.78 is 27.0. The van der Waals surface area contributed by atoms with Gasteiger partial charge in [0.1, 0.15) is 6.54 Å². The van der Waals surface area contributed by atoms with E-state index in [1.165, 1.54) is 9.21 Å². The standard InChI is InChI=1S/C21H22ClN3O4S/c22-17-5-3-4-15(12-17)14-30(28,29)24-10-8-16(9-11-24)21(27)25-13-20(26)23-18-6-1-2-7-19(18)25/h1-7,12,16H,8-11,13-14H2,(H,23,26). The first kappa shape index (κ1) is 20.8. The molecule has 2 aliphatic rings. The number of amides is 2. The Labute approximate surface area is 180 Å². The van der Waals surface area contributed by atoms with Crippen LogP contribution in [0.15, 0.2) is 48.5 Å². The largest absolute Gasteiger partial charge is 0.323 e. The van der Waals surface area contributed by atoms with E-state index < -0.39 is 10.0 Å². The summed E-state index contributed by atoms with van der Waals surface area (Å²) in [4.78, 5) is 26.6. The summed E-state index contributed by atoms with van der Waals surface area (Å²) >= 11 is 5.95. The van der Waals surface area contributed by atoms with Gasteiger partial charge in [-0.3, -0.25) is 9.59 Å². The molecule has 0 aromatic heterocycles. The molecule has 2 aliphatic heterocycles. The average Bonchev–Trinajstić information content (AvgIpc) is 2.72. The highest BCUT2D eigenvalue weighted by molar-refractivity contribution is 7.88. The topological polar surface area (TPSA) is 86.8 Å². The Morgan fingerprint density at radius 2 is 1.83 bits per heavy atom. The Morgan fingerprint density at radius 1 is 1.10 bits per heavy atom. The molecular formula is C21H22ClN3O4S. The highest BCUT2D eigenvalue weighted by atomic mass is 35.5.